The topological polar surface area (TPSA) is 49.7 Å². The van der Waals surface area contributed by atoms with Gasteiger partial charge in [0.05, 0.1) is 15.5 Å². The van der Waals surface area contributed by atoms with Gasteiger partial charge in [-0.2, -0.15) is 0 Å². The van der Waals surface area contributed by atoms with Crippen molar-refractivity contribution < 1.29 is 12.8 Å². The Morgan fingerprint density at radius 2 is 1.48 bits per heavy atom. The number of hydrogen-bond acceptors (Lipinski definition) is 3. The summed E-state index contributed by atoms with van der Waals surface area (Å²) in [6.45, 7) is 2.01. The maximum atomic E-state index is 12.9. The standard InChI is InChI=1S/C17H19FN2O2S/c1-4-17(20(2)3)19-14-7-11-16(12-8-14)23(21,22)15-9-5-13(18)6-10-15/h5-12H,4H2,1-3H3/b19-17+. The molecule has 122 valence electrons. The summed E-state index contributed by atoms with van der Waals surface area (Å²) in [5.41, 5.74) is 0.689. The van der Waals surface area contributed by atoms with Crippen molar-refractivity contribution in [2.75, 3.05) is 14.1 Å². The third-order valence-electron chi connectivity index (χ3n) is 3.36. The first kappa shape index (κ1) is 17.1. The number of rotatable bonds is 4. The second-order valence-corrected chi connectivity index (χ2v) is 7.18. The van der Waals surface area contributed by atoms with Gasteiger partial charge >= 0.3 is 0 Å². The van der Waals surface area contributed by atoms with Crippen LogP contribution < -0.4 is 0 Å². The van der Waals surface area contributed by atoms with Crippen molar-refractivity contribution in [3.05, 3.63) is 54.3 Å². The fourth-order valence-corrected chi connectivity index (χ4v) is 3.35. The van der Waals surface area contributed by atoms with Gasteiger partial charge < -0.3 is 4.90 Å². The molecule has 0 bridgehead atoms. The molecule has 2 rings (SSSR count). The van der Waals surface area contributed by atoms with Crippen LogP contribution in [0.2, 0.25) is 0 Å². The fraction of sp³-hybridized carbons (Fsp3) is 0.235. The van der Waals surface area contributed by atoms with Crippen LogP contribution in [0.25, 0.3) is 0 Å². The zero-order chi connectivity index (χ0) is 17.0. The highest BCUT2D eigenvalue weighted by Gasteiger charge is 2.17. The van der Waals surface area contributed by atoms with E-state index in [9.17, 15) is 12.8 Å². The van der Waals surface area contributed by atoms with Crippen molar-refractivity contribution in [1.29, 1.82) is 0 Å². The molecule has 0 aliphatic carbocycles. The van der Waals surface area contributed by atoms with E-state index >= 15 is 0 Å². The third kappa shape index (κ3) is 3.96. The Morgan fingerprint density at radius 1 is 1.00 bits per heavy atom. The molecule has 0 amide bonds. The summed E-state index contributed by atoms with van der Waals surface area (Å²) >= 11 is 0. The summed E-state index contributed by atoms with van der Waals surface area (Å²) in [6.07, 6.45) is 0.780. The second kappa shape index (κ2) is 6.91. The van der Waals surface area contributed by atoms with Crippen molar-refractivity contribution in [3.63, 3.8) is 0 Å². The number of sulfone groups is 1. The molecule has 0 radical (unpaired) electrons. The number of amidine groups is 1. The lowest BCUT2D eigenvalue weighted by Gasteiger charge is -2.14. The summed E-state index contributed by atoms with van der Waals surface area (Å²) < 4.78 is 37.9. The Kier molecular flexibility index (Phi) is 5.15. The molecule has 2 aromatic rings. The van der Waals surface area contributed by atoms with Crippen LogP contribution in [0.3, 0.4) is 0 Å². The minimum Gasteiger partial charge on any atom is -0.366 e. The molecular formula is C17H19FN2O2S. The quantitative estimate of drug-likeness (QED) is 0.487. The highest BCUT2D eigenvalue weighted by Crippen LogP contribution is 2.23. The lowest BCUT2D eigenvalue weighted by molar-refractivity contribution is 0.594. The smallest absolute Gasteiger partial charge is 0.206 e. The van der Waals surface area contributed by atoms with Crippen LogP contribution in [-0.2, 0) is 9.84 Å². The molecule has 0 aliphatic rings. The van der Waals surface area contributed by atoms with E-state index in [1.807, 2.05) is 25.9 Å². The molecule has 6 heteroatoms. The molecule has 0 saturated heterocycles. The summed E-state index contributed by atoms with van der Waals surface area (Å²) in [6, 6.07) is 11.1. The van der Waals surface area contributed by atoms with Crippen molar-refractivity contribution in [2.45, 2.75) is 23.1 Å². The van der Waals surface area contributed by atoms with Gasteiger partial charge in [0.15, 0.2) is 0 Å². The van der Waals surface area contributed by atoms with E-state index in [0.29, 0.717) is 5.69 Å². The summed E-state index contributed by atoms with van der Waals surface area (Å²) in [5.74, 6) is 0.434. The van der Waals surface area contributed by atoms with E-state index in [0.717, 1.165) is 24.4 Å². The number of benzene rings is 2. The van der Waals surface area contributed by atoms with Crippen molar-refractivity contribution in [1.82, 2.24) is 4.90 Å². The summed E-state index contributed by atoms with van der Waals surface area (Å²) in [5, 5.41) is 0. The number of hydrogen-bond donors (Lipinski definition) is 0. The van der Waals surface area contributed by atoms with Crippen molar-refractivity contribution in [3.8, 4) is 0 Å². The molecule has 4 nitrogen and oxygen atoms in total. The third-order valence-corrected chi connectivity index (χ3v) is 5.15. The Labute approximate surface area is 136 Å². The lowest BCUT2D eigenvalue weighted by Crippen LogP contribution is -2.20. The van der Waals surface area contributed by atoms with E-state index in [1.165, 1.54) is 24.3 Å². The van der Waals surface area contributed by atoms with Crippen molar-refractivity contribution in [2.24, 2.45) is 4.99 Å². The van der Waals surface area contributed by atoms with Gasteiger partial charge in [-0.05, 0) is 48.5 Å². The molecule has 0 aromatic heterocycles. The van der Waals surface area contributed by atoms with Gasteiger partial charge in [-0.1, -0.05) is 6.92 Å². The van der Waals surface area contributed by atoms with E-state index in [2.05, 4.69) is 4.99 Å². The molecule has 0 spiro atoms. The summed E-state index contributed by atoms with van der Waals surface area (Å²) in [4.78, 5) is 6.63. The van der Waals surface area contributed by atoms with Crippen LogP contribution in [-0.4, -0.2) is 33.2 Å². The molecule has 0 N–H and O–H groups in total. The molecule has 0 unspecified atom stereocenters. The minimum absolute atomic E-state index is 0.0673. The average Bonchev–Trinajstić information content (AvgIpc) is 2.53. The van der Waals surface area contributed by atoms with E-state index < -0.39 is 15.7 Å². The Bertz CT molecular complexity index is 795. The SMILES string of the molecule is CC/C(=N\c1ccc(S(=O)(=O)c2ccc(F)cc2)cc1)N(C)C. The molecule has 23 heavy (non-hydrogen) atoms. The normalized spacial score (nSPS) is 12.3. The second-order valence-electron chi connectivity index (χ2n) is 5.23. The number of halogens is 1. The molecule has 0 atom stereocenters. The van der Waals surface area contributed by atoms with Crippen LogP contribution in [0.15, 0.2) is 63.3 Å². The Balaban J connectivity index is 2.34. The van der Waals surface area contributed by atoms with Crippen LogP contribution >= 0.6 is 0 Å². The highest BCUT2D eigenvalue weighted by molar-refractivity contribution is 7.91. The maximum Gasteiger partial charge on any atom is 0.206 e. The zero-order valence-corrected chi connectivity index (χ0v) is 14.1. The highest BCUT2D eigenvalue weighted by atomic mass is 32.2. The van der Waals surface area contributed by atoms with Gasteiger partial charge in [0, 0.05) is 20.5 Å². The predicted octanol–water partition coefficient (Wildman–Crippen LogP) is 3.66. The van der Waals surface area contributed by atoms with E-state index in [4.69, 9.17) is 0 Å². The predicted molar refractivity (Wildman–Crippen MR) is 89.4 cm³/mol. The lowest BCUT2D eigenvalue weighted by atomic mass is 10.3. The zero-order valence-electron chi connectivity index (χ0n) is 13.3. The molecule has 0 fully saturated rings. The van der Waals surface area contributed by atoms with E-state index in [-0.39, 0.29) is 9.79 Å². The molecular weight excluding hydrogens is 315 g/mol. The molecule has 2 aromatic carbocycles. The molecule has 0 heterocycles. The van der Waals surface area contributed by atoms with Gasteiger partial charge in [0.25, 0.3) is 0 Å². The number of nitrogens with zero attached hydrogens (tertiary/aromatic N) is 2. The van der Waals surface area contributed by atoms with Crippen molar-refractivity contribution >= 4 is 21.4 Å². The van der Waals surface area contributed by atoms with E-state index in [1.54, 1.807) is 12.1 Å². The Morgan fingerprint density at radius 3 is 1.91 bits per heavy atom. The monoisotopic (exact) mass is 334 g/mol. The molecule has 0 aliphatic heterocycles. The minimum atomic E-state index is -3.65. The van der Waals surface area contributed by atoms with Gasteiger partial charge in [-0.3, -0.25) is 0 Å². The van der Waals surface area contributed by atoms with Crippen LogP contribution in [0.4, 0.5) is 10.1 Å². The van der Waals surface area contributed by atoms with Gasteiger partial charge in [-0.25, -0.2) is 17.8 Å². The van der Waals surface area contributed by atoms with Crippen LogP contribution in [0.1, 0.15) is 13.3 Å². The first-order chi connectivity index (χ1) is 10.8. The van der Waals surface area contributed by atoms with Gasteiger partial charge in [-0.15, -0.1) is 0 Å². The Hall–Kier alpha value is -2.21. The maximum absolute atomic E-state index is 12.9. The van der Waals surface area contributed by atoms with Gasteiger partial charge in [0.2, 0.25) is 9.84 Å². The van der Waals surface area contributed by atoms with Crippen LogP contribution in [0, 0.1) is 5.82 Å². The van der Waals surface area contributed by atoms with Crippen LogP contribution in [0.5, 0.6) is 0 Å². The number of aliphatic imine (C=N–C) groups is 1. The van der Waals surface area contributed by atoms with Gasteiger partial charge in [0.1, 0.15) is 11.7 Å². The first-order valence-electron chi connectivity index (χ1n) is 7.20. The average molecular weight is 334 g/mol. The molecule has 0 saturated carbocycles. The summed E-state index contributed by atoms with van der Waals surface area (Å²) in [7, 11) is 0.176. The largest absolute Gasteiger partial charge is 0.366 e. The fourth-order valence-electron chi connectivity index (χ4n) is 2.09. The first-order valence-corrected chi connectivity index (χ1v) is 8.68.